The fraction of sp³-hybridized carbons (Fsp3) is 0.0385. The number of carbonyl (C=O) groups is 1. The second-order valence-electron chi connectivity index (χ2n) is 7.42. The highest BCUT2D eigenvalue weighted by Gasteiger charge is 2.19. The molecule has 0 heterocycles. The standard InChI is InChI=1S/C26H19Cl2NO4S/c27-22-14-21(15-23(28)16-22)19-8-10-20(11-9-19)26(30)29-34(31,32)25-12-6-18(7-13-25)17-33-24-4-2-1-3-5-24/h1-16H,17H2,(H,29,30). The Labute approximate surface area is 208 Å². The third-order valence-corrected chi connectivity index (χ3v) is 6.74. The van der Waals surface area contributed by atoms with Gasteiger partial charge in [-0.05, 0) is 71.3 Å². The minimum absolute atomic E-state index is 0.0190. The average molecular weight is 512 g/mol. The zero-order valence-electron chi connectivity index (χ0n) is 17.7. The Morgan fingerprint density at radius 3 is 2.00 bits per heavy atom. The molecule has 4 rings (SSSR count). The van der Waals surface area contributed by atoms with Gasteiger partial charge in [0.05, 0.1) is 4.90 Å². The van der Waals surface area contributed by atoms with Crippen molar-refractivity contribution in [2.75, 3.05) is 0 Å². The van der Waals surface area contributed by atoms with Crippen LogP contribution in [0.2, 0.25) is 10.0 Å². The van der Waals surface area contributed by atoms with Gasteiger partial charge in [0.15, 0.2) is 0 Å². The first kappa shape index (κ1) is 23.8. The van der Waals surface area contributed by atoms with Crippen molar-refractivity contribution in [3.8, 4) is 16.9 Å². The van der Waals surface area contributed by atoms with Gasteiger partial charge < -0.3 is 4.74 Å². The van der Waals surface area contributed by atoms with Gasteiger partial charge in [-0.3, -0.25) is 4.79 Å². The van der Waals surface area contributed by atoms with E-state index in [9.17, 15) is 13.2 Å². The van der Waals surface area contributed by atoms with Crippen molar-refractivity contribution in [1.29, 1.82) is 0 Å². The number of hydrogen-bond donors (Lipinski definition) is 1. The lowest BCUT2D eigenvalue weighted by Crippen LogP contribution is -2.30. The number of benzene rings is 4. The average Bonchev–Trinajstić information content (AvgIpc) is 2.83. The first-order valence-electron chi connectivity index (χ1n) is 10.2. The van der Waals surface area contributed by atoms with E-state index in [2.05, 4.69) is 4.72 Å². The summed E-state index contributed by atoms with van der Waals surface area (Å²) in [6, 6.07) is 27.1. The number of rotatable bonds is 7. The van der Waals surface area contributed by atoms with E-state index in [0.717, 1.165) is 22.4 Å². The Balaban J connectivity index is 1.41. The van der Waals surface area contributed by atoms with Crippen molar-refractivity contribution in [1.82, 2.24) is 4.72 Å². The van der Waals surface area contributed by atoms with Crippen LogP contribution < -0.4 is 9.46 Å². The largest absolute Gasteiger partial charge is 0.489 e. The summed E-state index contributed by atoms with van der Waals surface area (Å²) < 4.78 is 33.1. The maximum absolute atomic E-state index is 12.7. The van der Waals surface area contributed by atoms with Gasteiger partial charge in [-0.1, -0.05) is 65.7 Å². The molecule has 4 aromatic carbocycles. The molecule has 0 saturated heterocycles. The molecule has 8 heteroatoms. The topological polar surface area (TPSA) is 72.5 Å². The highest BCUT2D eigenvalue weighted by Crippen LogP contribution is 2.27. The maximum Gasteiger partial charge on any atom is 0.264 e. The van der Waals surface area contributed by atoms with Crippen molar-refractivity contribution in [3.05, 3.63) is 118 Å². The molecule has 0 atom stereocenters. The lowest BCUT2D eigenvalue weighted by Gasteiger charge is -2.10. The molecular formula is C26H19Cl2NO4S. The van der Waals surface area contributed by atoms with Crippen LogP contribution in [-0.4, -0.2) is 14.3 Å². The normalized spacial score (nSPS) is 11.1. The minimum atomic E-state index is -4.04. The fourth-order valence-corrected chi connectivity index (χ4v) is 4.72. The van der Waals surface area contributed by atoms with Gasteiger partial charge in [-0.2, -0.15) is 0 Å². The molecule has 0 unspecified atom stereocenters. The molecule has 0 saturated carbocycles. The lowest BCUT2D eigenvalue weighted by molar-refractivity contribution is 0.0981. The smallest absolute Gasteiger partial charge is 0.264 e. The third kappa shape index (κ3) is 5.97. The van der Waals surface area contributed by atoms with E-state index < -0.39 is 15.9 Å². The fourth-order valence-electron chi connectivity index (χ4n) is 3.22. The predicted octanol–water partition coefficient (Wildman–Crippen LogP) is 6.36. The van der Waals surface area contributed by atoms with Gasteiger partial charge in [-0.15, -0.1) is 0 Å². The second-order valence-corrected chi connectivity index (χ2v) is 9.97. The molecule has 1 N–H and O–H groups in total. The molecule has 0 aliphatic heterocycles. The van der Waals surface area contributed by atoms with Crippen molar-refractivity contribution in [2.24, 2.45) is 0 Å². The number of amides is 1. The summed E-state index contributed by atoms with van der Waals surface area (Å²) in [6.45, 7) is 0.293. The van der Waals surface area contributed by atoms with E-state index in [-0.39, 0.29) is 10.5 Å². The third-order valence-electron chi connectivity index (χ3n) is 4.95. The maximum atomic E-state index is 12.7. The van der Waals surface area contributed by atoms with Crippen LogP contribution in [0.15, 0.2) is 102 Å². The Bertz CT molecular complexity index is 1390. The Morgan fingerprint density at radius 2 is 1.38 bits per heavy atom. The van der Waals surface area contributed by atoms with Crippen LogP contribution in [0.4, 0.5) is 0 Å². The molecule has 172 valence electrons. The molecule has 0 radical (unpaired) electrons. The van der Waals surface area contributed by atoms with Crippen LogP contribution in [0.25, 0.3) is 11.1 Å². The van der Waals surface area contributed by atoms with Gasteiger partial charge in [-0.25, -0.2) is 13.1 Å². The number of hydrogen-bond acceptors (Lipinski definition) is 4. The van der Waals surface area contributed by atoms with E-state index >= 15 is 0 Å². The quantitative estimate of drug-likeness (QED) is 0.313. The van der Waals surface area contributed by atoms with Gasteiger partial charge in [0.2, 0.25) is 0 Å². The van der Waals surface area contributed by atoms with Crippen LogP contribution in [0.5, 0.6) is 5.75 Å². The summed E-state index contributed by atoms with van der Waals surface area (Å²) >= 11 is 12.1. The molecule has 0 bridgehead atoms. The summed E-state index contributed by atoms with van der Waals surface area (Å²) in [7, 11) is -4.04. The molecule has 1 amide bonds. The number of halogens is 2. The first-order chi connectivity index (χ1) is 16.3. The Morgan fingerprint density at radius 1 is 0.765 bits per heavy atom. The number of para-hydroxylation sites is 1. The zero-order valence-corrected chi connectivity index (χ0v) is 20.1. The van der Waals surface area contributed by atoms with Crippen LogP contribution in [-0.2, 0) is 16.6 Å². The number of sulfonamides is 1. The van der Waals surface area contributed by atoms with Gasteiger partial charge in [0, 0.05) is 15.6 Å². The van der Waals surface area contributed by atoms with Crippen molar-refractivity contribution in [3.63, 3.8) is 0 Å². The molecule has 0 aliphatic carbocycles. The van der Waals surface area contributed by atoms with Gasteiger partial charge in [0.25, 0.3) is 15.9 Å². The van der Waals surface area contributed by atoms with Crippen molar-refractivity contribution < 1.29 is 17.9 Å². The summed E-state index contributed by atoms with van der Waals surface area (Å²) in [6.07, 6.45) is 0. The number of carbonyl (C=O) groups excluding carboxylic acids is 1. The zero-order chi connectivity index (χ0) is 24.1. The van der Waals surface area contributed by atoms with Gasteiger partial charge >= 0.3 is 0 Å². The molecule has 0 aliphatic rings. The second kappa shape index (κ2) is 10.3. The van der Waals surface area contributed by atoms with Crippen LogP contribution >= 0.6 is 23.2 Å². The summed E-state index contributed by atoms with van der Waals surface area (Å²) in [4.78, 5) is 12.5. The molecule has 4 aromatic rings. The van der Waals surface area contributed by atoms with E-state index in [0.29, 0.717) is 16.7 Å². The lowest BCUT2D eigenvalue weighted by atomic mass is 10.0. The Hall–Kier alpha value is -3.32. The van der Waals surface area contributed by atoms with E-state index in [1.807, 2.05) is 30.3 Å². The summed E-state index contributed by atoms with van der Waals surface area (Å²) in [5, 5.41) is 0.987. The first-order valence-corrected chi connectivity index (χ1v) is 12.4. The highest BCUT2D eigenvalue weighted by molar-refractivity contribution is 7.90. The van der Waals surface area contributed by atoms with Crippen LogP contribution in [0.3, 0.4) is 0 Å². The van der Waals surface area contributed by atoms with Gasteiger partial charge in [0.1, 0.15) is 12.4 Å². The van der Waals surface area contributed by atoms with E-state index in [1.54, 1.807) is 54.6 Å². The van der Waals surface area contributed by atoms with Crippen molar-refractivity contribution >= 4 is 39.1 Å². The highest BCUT2D eigenvalue weighted by atomic mass is 35.5. The van der Waals surface area contributed by atoms with Crippen molar-refractivity contribution in [2.45, 2.75) is 11.5 Å². The summed E-state index contributed by atoms with van der Waals surface area (Å²) in [5.41, 5.74) is 2.57. The van der Waals surface area contributed by atoms with Crippen LogP contribution in [0, 0.1) is 0 Å². The predicted molar refractivity (Wildman–Crippen MR) is 134 cm³/mol. The molecule has 0 spiro atoms. The minimum Gasteiger partial charge on any atom is -0.489 e. The molecule has 0 fully saturated rings. The monoisotopic (exact) mass is 511 g/mol. The molecular weight excluding hydrogens is 493 g/mol. The van der Waals surface area contributed by atoms with E-state index in [4.69, 9.17) is 27.9 Å². The molecule has 5 nitrogen and oxygen atoms in total. The number of ether oxygens (including phenoxy) is 1. The molecule has 0 aromatic heterocycles. The van der Waals surface area contributed by atoms with Crippen LogP contribution in [0.1, 0.15) is 15.9 Å². The summed E-state index contributed by atoms with van der Waals surface area (Å²) in [5.74, 6) is -0.0110. The number of nitrogens with one attached hydrogen (secondary N) is 1. The van der Waals surface area contributed by atoms with E-state index in [1.165, 1.54) is 12.1 Å². The molecule has 34 heavy (non-hydrogen) atoms. The Kier molecular flexibility index (Phi) is 7.22. The SMILES string of the molecule is O=C(NS(=O)(=O)c1ccc(COc2ccccc2)cc1)c1ccc(-c2cc(Cl)cc(Cl)c2)cc1.